The van der Waals surface area contributed by atoms with Crippen molar-refractivity contribution in [2.24, 2.45) is 5.92 Å². The van der Waals surface area contributed by atoms with Crippen molar-refractivity contribution in [1.29, 1.82) is 0 Å². The van der Waals surface area contributed by atoms with Gasteiger partial charge in [0.05, 0.1) is 0 Å². The monoisotopic (exact) mass is 164 g/mol. The minimum atomic E-state index is 0.335. The number of rotatable bonds is 2. The molecular weight excluding hydrogens is 148 g/mol. The van der Waals surface area contributed by atoms with Gasteiger partial charge in [-0.25, -0.2) is 0 Å². The molecule has 2 N–H and O–H groups in total. The molecule has 2 nitrogen and oxygen atoms in total. The molecule has 66 valence electrons. The quantitative estimate of drug-likeness (QED) is 0.627. The molecule has 0 bridgehead atoms. The van der Waals surface area contributed by atoms with Crippen LogP contribution in [0.15, 0.2) is 24.3 Å². The van der Waals surface area contributed by atoms with E-state index in [1.165, 1.54) is 6.42 Å². The van der Waals surface area contributed by atoms with Crippen LogP contribution >= 0.6 is 0 Å². The summed E-state index contributed by atoms with van der Waals surface area (Å²) in [7, 11) is 2.06. The lowest BCUT2D eigenvalue weighted by atomic mass is 9.76. The summed E-state index contributed by atoms with van der Waals surface area (Å²) in [5, 5.41) is 6.77. The van der Waals surface area contributed by atoms with Crippen molar-refractivity contribution in [3.8, 4) is 0 Å². The van der Waals surface area contributed by atoms with Gasteiger partial charge in [0.15, 0.2) is 0 Å². The molecule has 0 spiro atoms. The van der Waals surface area contributed by atoms with E-state index in [1.807, 2.05) is 0 Å². The van der Waals surface area contributed by atoms with Gasteiger partial charge in [-0.05, 0) is 13.5 Å². The van der Waals surface area contributed by atoms with Crippen molar-refractivity contribution in [2.75, 3.05) is 20.1 Å². The summed E-state index contributed by atoms with van der Waals surface area (Å²) in [5.74, 6) is 0.675. The Morgan fingerprint density at radius 2 is 2.25 bits per heavy atom. The zero-order valence-corrected chi connectivity index (χ0v) is 7.51. The van der Waals surface area contributed by atoms with Gasteiger partial charge in [0, 0.05) is 24.5 Å². The lowest BCUT2D eigenvalue weighted by Gasteiger charge is -2.47. The summed E-state index contributed by atoms with van der Waals surface area (Å²) in [6.45, 7) is 2.21. The summed E-state index contributed by atoms with van der Waals surface area (Å²) < 4.78 is 0. The molecule has 1 saturated heterocycles. The Balaban J connectivity index is 2.06. The first kappa shape index (κ1) is 8.02. The first-order valence-corrected chi connectivity index (χ1v) is 4.60. The van der Waals surface area contributed by atoms with Gasteiger partial charge in [-0.3, -0.25) is 0 Å². The molecule has 1 aliphatic carbocycles. The maximum Gasteiger partial charge on any atom is 0.0496 e. The Bertz CT molecular complexity index is 208. The van der Waals surface area contributed by atoms with E-state index in [4.69, 9.17) is 0 Å². The van der Waals surface area contributed by atoms with Crippen LogP contribution in [0.2, 0.25) is 0 Å². The van der Waals surface area contributed by atoms with Crippen molar-refractivity contribution < 1.29 is 0 Å². The lowest BCUT2D eigenvalue weighted by molar-refractivity contribution is 0.168. The predicted molar refractivity (Wildman–Crippen MR) is 51.0 cm³/mol. The molecule has 0 saturated carbocycles. The molecule has 0 radical (unpaired) electrons. The third kappa shape index (κ3) is 1.11. The predicted octanol–water partition coefficient (Wildman–Crippen LogP) is 0.680. The fourth-order valence-corrected chi connectivity index (χ4v) is 2.01. The topological polar surface area (TPSA) is 24.1 Å². The normalized spacial score (nSPS) is 31.6. The zero-order valence-electron chi connectivity index (χ0n) is 7.51. The Labute approximate surface area is 73.7 Å². The van der Waals surface area contributed by atoms with E-state index in [1.54, 1.807) is 0 Å². The second-order valence-electron chi connectivity index (χ2n) is 3.66. The van der Waals surface area contributed by atoms with Crippen molar-refractivity contribution in [2.45, 2.75) is 12.0 Å². The fraction of sp³-hybridized carbons (Fsp3) is 0.600. The van der Waals surface area contributed by atoms with Crippen molar-refractivity contribution in [1.82, 2.24) is 10.6 Å². The van der Waals surface area contributed by atoms with Crippen LogP contribution in [0.1, 0.15) is 6.42 Å². The fourth-order valence-electron chi connectivity index (χ4n) is 2.01. The smallest absolute Gasteiger partial charge is 0.0496 e. The van der Waals surface area contributed by atoms with E-state index >= 15 is 0 Å². The highest BCUT2D eigenvalue weighted by Gasteiger charge is 2.41. The molecule has 0 aromatic carbocycles. The molecule has 0 aromatic heterocycles. The van der Waals surface area contributed by atoms with Crippen LogP contribution in [0.3, 0.4) is 0 Å². The molecule has 1 atom stereocenters. The first-order valence-electron chi connectivity index (χ1n) is 4.60. The number of hydrogen-bond donors (Lipinski definition) is 2. The van der Waals surface area contributed by atoms with Crippen molar-refractivity contribution >= 4 is 0 Å². The molecule has 0 unspecified atom stereocenters. The Hall–Kier alpha value is -0.600. The molecule has 0 amide bonds. The number of allylic oxidation sites excluding steroid dienone is 3. The molecule has 2 rings (SSSR count). The molecule has 2 heteroatoms. The van der Waals surface area contributed by atoms with E-state index < -0.39 is 0 Å². The summed E-state index contributed by atoms with van der Waals surface area (Å²) in [4.78, 5) is 0. The molecule has 0 aromatic rings. The van der Waals surface area contributed by atoms with Gasteiger partial charge in [0.25, 0.3) is 0 Å². The van der Waals surface area contributed by atoms with Crippen LogP contribution in [0.25, 0.3) is 0 Å². The molecule has 12 heavy (non-hydrogen) atoms. The van der Waals surface area contributed by atoms with E-state index in [-0.39, 0.29) is 0 Å². The molecule has 1 aliphatic heterocycles. The van der Waals surface area contributed by atoms with E-state index in [2.05, 4.69) is 42.0 Å². The summed E-state index contributed by atoms with van der Waals surface area (Å²) in [6, 6.07) is 0. The Morgan fingerprint density at radius 1 is 1.42 bits per heavy atom. The van der Waals surface area contributed by atoms with Crippen LogP contribution in [0.5, 0.6) is 0 Å². The maximum absolute atomic E-state index is 3.44. The van der Waals surface area contributed by atoms with Gasteiger partial charge in [0.1, 0.15) is 0 Å². The number of nitrogens with one attached hydrogen (secondary N) is 2. The van der Waals surface area contributed by atoms with Crippen molar-refractivity contribution in [3.63, 3.8) is 0 Å². The maximum atomic E-state index is 3.44. The Kier molecular flexibility index (Phi) is 2.03. The summed E-state index contributed by atoms with van der Waals surface area (Å²) >= 11 is 0. The highest BCUT2D eigenvalue weighted by atomic mass is 15.1. The third-order valence-corrected chi connectivity index (χ3v) is 3.07. The van der Waals surface area contributed by atoms with E-state index in [0.717, 1.165) is 13.1 Å². The summed E-state index contributed by atoms with van der Waals surface area (Å²) in [6.07, 6.45) is 10.0. The zero-order chi connectivity index (χ0) is 8.44. The van der Waals surface area contributed by atoms with E-state index in [9.17, 15) is 0 Å². The van der Waals surface area contributed by atoms with Gasteiger partial charge >= 0.3 is 0 Å². The van der Waals surface area contributed by atoms with Gasteiger partial charge in [-0.1, -0.05) is 24.3 Å². The molecule has 1 fully saturated rings. The highest BCUT2D eigenvalue weighted by Crippen LogP contribution is 2.28. The van der Waals surface area contributed by atoms with Crippen LogP contribution < -0.4 is 10.6 Å². The standard InChI is InChI=1S/C10H16N2/c1-11-10(7-12-8-10)9-5-3-2-4-6-9/h2-5,9,11-12H,6-8H2,1H3/t9-/m0/s1. The van der Waals surface area contributed by atoms with Crippen LogP contribution in [-0.2, 0) is 0 Å². The number of hydrogen-bond acceptors (Lipinski definition) is 2. The van der Waals surface area contributed by atoms with Gasteiger partial charge in [-0.2, -0.15) is 0 Å². The van der Waals surface area contributed by atoms with Gasteiger partial charge in [-0.15, -0.1) is 0 Å². The van der Waals surface area contributed by atoms with Crippen molar-refractivity contribution in [3.05, 3.63) is 24.3 Å². The average Bonchev–Trinajstić information content (AvgIpc) is 2.05. The van der Waals surface area contributed by atoms with Gasteiger partial charge < -0.3 is 10.6 Å². The largest absolute Gasteiger partial charge is 0.313 e. The van der Waals surface area contributed by atoms with E-state index in [0.29, 0.717) is 11.5 Å². The lowest BCUT2D eigenvalue weighted by Crippen LogP contribution is -2.70. The molecule has 2 aliphatic rings. The SMILES string of the molecule is CNC1([C@H]2C=CC=CC2)CNC1. The second kappa shape index (κ2) is 3.04. The van der Waals surface area contributed by atoms with Crippen LogP contribution in [0, 0.1) is 5.92 Å². The van der Waals surface area contributed by atoms with Crippen LogP contribution in [0.4, 0.5) is 0 Å². The Morgan fingerprint density at radius 3 is 2.67 bits per heavy atom. The first-order chi connectivity index (χ1) is 5.87. The summed E-state index contributed by atoms with van der Waals surface area (Å²) in [5.41, 5.74) is 0.335. The highest BCUT2D eigenvalue weighted by molar-refractivity contribution is 5.19. The minimum Gasteiger partial charge on any atom is -0.313 e. The average molecular weight is 164 g/mol. The molecule has 1 heterocycles. The molecular formula is C10H16N2. The van der Waals surface area contributed by atoms with Crippen LogP contribution in [-0.4, -0.2) is 25.7 Å². The van der Waals surface area contributed by atoms with Gasteiger partial charge in [0.2, 0.25) is 0 Å². The third-order valence-electron chi connectivity index (χ3n) is 3.07. The second-order valence-corrected chi connectivity index (χ2v) is 3.66. The minimum absolute atomic E-state index is 0.335. The number of likely N-dealkylation sites (N-methyl/N-ethyl adjacent to an activating group) is 1.